The van der Waals surface area contributed by atoms with E-state index < -0.39 is 24.4 Å². The van der Waals surface area contributed by atoms with Gasteiger partial charge in [-0.2, -0.15) is 4.73 Å². The minimum Gasteiger partial charge on any atom is -0.618 e. The monoisotopic (exact) mass is 357 g/mol. The molecule has 0 saturated heterocycles. The molecule has 0 atom stereocenters. The number of rotatable bonds is 7. The lowest BCUT2D eigenvalue weighted by Gasteiger charge is -2.10. The summed E-state index contributed by atoms with van der Waals surface area (Å²) in [5, 5.41) is 16.5. The van der Waals surface area contributed by atoms with Crippen LogP contribution in [0.25, 0.3) is 0 Å². The van der Waals surface area contributed by atoms with Gasteiger partial charge in [-0.3, -0.25) is 9.59 Å². The standard InChI is InChI=1S/C18H19N3O5/c1-2-13-7-3-4-8-14(13)20-16(22)11-19-17(23)12-26-18(24)15-9-5-6-10-21(15)25/h3-10H,2,11-12H2,1H3,(H,19,23)(H,20,22). The minimum absolute atomic E-state index is 0.228. The SMILES string of the molecule is CCc1ccccc1NC(=O)CNC(=O)COC(=O)c1cccc[n+]1[O-]. The number of benzene rings is 1. The molecule has 0 fully saturated rings. The van der Waals surface area contributed by atoms with Crippen LogP contribution in [0.4, 0.5) is 5.69 Å². The number of ether oxygens (including phenoxy) is 1. The fourth-order valence-electron chi connectivity index (χ4n) is 2.17. The largest absolute Gasteiger partial charge is 0.618 e. The molecule has 136 valence electrons. The maximum Gasteiger partial charge on any atom is 0.405 e. The molecule has 1 aromatic carbocycles. The van der Waals surface area contributed by atoms with E-state index in [9.17, 15) is 19.6 Å². The number of pyridine rings is 1. The van der Waals surface area contributed by atoms with Gasteiger partial charge in [0.15, 0.2) is 12.8 Å². The molecule has 0 aliphatic rings. The molecule has 2 N–H and O–H groups in total. The average Bonchev–Trinajstić information content (AvgIpc) is 2.65. The maximum absolute atomic E-state index is 11.9. The zero-order valence-electron chi connectivity index (χ0n) is 14.2. The Morgan fingerprint density at radius 3 is 2.54 bits per heavy atom. The Balaban J connectivity index is 1.77. The summed E-state index contributed by atoms with van der Waals surface area (Å²) in [5.41, 5.74) is 1.44. The summed E-state index contributed by atoms with van der Waals surface area (Å²) in [7, 11) is 0. The topological polar surface area (TPSA) is 111 Å². The van der Waals surface area contributed by atoms with Gasteiger partial charge in [-0.05, 0) is 24.1 Å². The molecule has 8 heteroatoms. The van der Waals surface area contributed by atoms with E-state index in [1.54, 1.807) is 12.1 Å². The number of nitrogens with one attached hydrogen (secondary N) is 2. The number of aromatic nitrogens is 1. The summed E-state index contributed by atoms with van der Waals surface area (Å²) in [5.74, 6) is -1.96. The Labute approximate surface area is 150 Å². The summed E-state index contributed by atoms with van der Waals surface area (Å²) < 4.78 is 5.10. The molecule has 0 saturated carbocycles. The van der Waals surface area contributed by atoms with Crippen LogP contribution in [0.2, 0.25) is 0 Å². The van der Waals surface area contributed by atoms with E-state index in [2.05, 4.69) is 10.6 Å². The Hall–Kier alpha value is -3.42. The van der Waals surface area contributed by atoms with Gasteiger partial charge in [0.25, 0.3) is 5.91 Å². The molecule has 1 heterocycles. The third-order valence-corrected chi connectivity index (χ3v) is 3.49. The summed E-state index contributed by atoms with van der Waals surface area (Å²) in [6, 6.07) is 11.6. The number of esters is 1. The Morgan fingerprint density at radius 2 is 1.81 bits per heavy atom. The third-order valence-electron chi connectivity index (χ3n) is 3.49. The molecular formula is C18H19N3O5. The van der Waals surface area contributed by atoms with E-state index in [0.717, 1.165) is 18.2 Å². The number of nitrogens with zero attached hydrogens (tertiary/aromatic N) is 1. The van der Waals surface area contributed by atoms with E-state index in [4.69, 9.17) is 4.74 Å². The molecule has 0 aliphatic heterocycles. The van der Waals surface area contributed by atoms with E-state index in [-0.39, 0.29) is 12.2 Å². The molecule has 2 amide bonds. The van der Waals surface area contributed by atoms with Crippen molar-refractivity contribution in [3.63, 3.8) is 0 Å². The van der Waals surface area contributed by atoms with Crippen molar-refractivity contribution < 1.29 is 23.9 Å². The van der Waals surface area contributed by atoms with Gasteiger partial charge in [0.2, 0.25) is 5.91 Å². The first kappa shape index (κ1) is 18.9. The summed E-state index contributed by atoms with van der Waals surface area (Å²) >= 11 is 0. The van der Waals surface area contributed by atoms with Gasteiger partial charge < -0.3 is 20.6 Å². The highest BCUT2D eigenvalue weighted by molar-refractivity contribution is 5.95. The molecule has 2 rings (SSSR count). The van der Waals surface area contributed by atoms with Crippen molar-refractivity contribution >= 4 is 23.5 Å². The van der Waals surface area contributed by atoms with Crippen LogP contribution >= 0.6 is 0 Å². The zero-order chi connectivity index (χ0) is 18.9. The number of anilines is 1. The third kappa shape index (κ3) is 5.30. The van der Waals surface area contributed by atoms with E-state index in [1.165, 1.54) is 18.2 Å². The normalized spacial score (nSPS) is 10.0. The van der Waals surface area contributed by atoms with Gasteiger partial charge in [0, 0.05) is 17.8 Å². The molecule has 2 aromatic rings. The number of para-hydroxylation sites is 1. The lowest BCUT2D eigenvalue weighted by atomic mass is 10.1. The van der Waals surface area contributed by atoms with Crippen LogP contribution in [-0.2, 0) is 20.7 Å². The smallest absolute Gasteiger partial charge is 0.405 e. The summed E-state index contributed by atoms with van der Waals surface area (Å²) in [6.45, 7) is 1.12. The predicted octanol–water partition coefficient (Wildman–Crippen LogP) is 0.794. The second-order valence-electron chi connectivity index (χ2n) is 5.32. The highest BCUT2D eigenvalue weighted by Gasteiger charge is 2.18. The van der Waals surface area contributed by atoms with Gasteiger partial charge in [0.05, 0.1) is 6.54 Å². The number of aryl methyl sites for hydroxylation is 1. The molecule has 0 bridgehead atoms. The molecule has 0 aliphatic carbocycles. The fraction of sp³-hybridized carbons (Fsp3) is 0.222. The maximum atomic E-state index is 11.9. The van der Waals surface area contributed by atoms with Crippen LogP contribution in [0.1, 0.15) is 23.0 Å². The van der Waals surface area contributed by atoms with E-state index >= 15 is 0 Å². The molecular weight excluding hydrogens is 338 g/mol. The first-order chi connectivity index (χ1) is 12.5. The number of hydrogen-bond acceptors (Lipinski definition) is 5. The molecule has 26 heavy (non-hydrogen) atoms. The second-order valence-corrected chi connectivity index (χ2v) is 5.32. The van der Waals surface area contributed by atoms with Gasteiger partial charge >= 0.3 is 11.7 Å². The molecule has 0 radical (unpaired) electrons. The Kier molecular flexibility index (Phi) is 6.67. The summed E-state index contributed by atoms with van der Waals surface area (Å²) in [4.78, 5) is 35.3. The van der Waals surface area contributed by atoms with Crippen molar-refractivity contribution in [3.05, 3.63) is 65.1 Å². The van der Waals surface area contributed by atoms with Crippen molar-refractivity contribution in [2.45, 2.75) is 13.3 Å². The van der Waals surface area contributed by atoms with Crippen molar-refractivity contribution in [1.82, 2.24) is 5.32 Å². The van der Waals surface area contributed by atoms with E-state index in [1.807, 2.05) is 19.1 Å². The number of carbonyl (C=O) groups is 3. The quantitative estimate of drug-likeness (QED) is 0.432. The van der Waals surface area contributed by atoms with Crippen molar-refractivity contribution in [2.24, 2.45) is 0 Å². The summed E-state index contributed by atoms with van der Waals surface area (Å²) in [6.07, 6.45) is 1.91. The van der Waals surface area contributed by atoms with Gasteiger partial charge in [-0.1, -0.05) is 25.1 Å². The van der Waals surface area contributed by atoms with Crippen LogP contribution in [0, 0.1) is 5.21 Å². The van der Waals surface area contributed by atoms with Crippen molar-refractivity contribution in [1.29, 1.82) is 0 Å². The second kappa shape index (κ2) is 9.16. The predicted molar refractivity (Wildman–Crippen MR) is 93.1 cm³/mol. The molecule has 8 nitrogen and oxygen atoms in total. The van der Waals surface area contributed by atoms with Gasteiger partial charge in [0.1, 0.15) is 0 Å². The van der Waals surface area contributed by atoms with E-state index in [0.29, 0.717) is 10.4 Å². The lowest BCUT2D eigenvalue weighted by Crippen LogP contribution is -2.38. The highest BCUT2D eigenvalue weighted by atomic mass is 16.5. The van der Waals surface area contributed by atoms with Crippen LogP contribution in [-0.4, -0.2) is 30.9 Å². The van der Waals surface area contributed by atoms with Crippen LogP contribution < -0.4 is 15.4 Å². The Morgan fingerprint density at radius 1 is 1.08 bits per heavy atom. The van der Waals surface area contributed by atoms with Gasteiger partial charge in [-0.25, -0.2) is 4.79 Å². The molecule has 0 unspecified atom stereocenters. The fourth-order valence-corrected chi connectivity index (χ4v) is 2.17. The zero-order valence-corrected chi connectivity index (χ0v) is 14.2. The minimum atomic E-state index is -0.919. The number of amides is 2. The number of hydrogen-bond donors (Lipinski definition) is 2. The Bertz CT molecular complexity index is 807. The van der Waals surface area contributed by atoms with Crippen molar-refractivity contribution in [2.75, 3.05) is 18.5 Å². The highest BCUT2D eigenvalue weighted by Crippen LogP contribution is 2.14. The lowest BCUT2D eigenvalue weighted by molar-refractivity contribution is -0.608. The first-order valence-corrected chi connectivity index (χ1v) is 8.01. The molecule has 1 aromatic heterocycles. The van der Waals surface area contributed by atoms with Crippen LogP contribution in [0.5, 0.6) is 0 Å². The van der Waals surface area contributed by atoms with Crippen LogP contribution in [0.15, 0.2) is 48.7 Å². The van der Waals surface area contributed by atoms with Gasteiger partial charge in [-0.15, -0.1) is 0 Å². The average molecular weight is 357 g/mol. The first-order valence-electron chi connectivity index (χ1n) is 8.01. The molecule has 0 spiro atoms. The number of carbonyl (C=O) groups excluding carboxylic acids is 3. The van der Waals surface area contributed by atoms with Crippen molar-refractivity contribution in [3.8, 4) is 0 Å². The van der Waals surface area contributed by atoms with Crippen LogP contribution in [0.3, 0.4) is 0 Å².